The Hall–Kier alpha value is -0.720. The molecule has 0 aliphatic rings. The van der Waals surface area contributed by atoms with E-state index in [-0.39, 0.29) is 6.42 Å². The van der Waals surface area contributed by atoms with Crippen molar-refractivity contribution < 1.29 is 33.5 Å². The smallest absolute Gasteiger partial charge is 0.433 e. The van der Waals surface area contributed by atoms with Crippen LogP contribution in [0.1, 0.15) is 6.42 Å². The minimum Gasteiger partial charge on any atom is -0.433 e. The number of ether oxygens (including phenoxy) is 1. The molecule has 0 spiro atoms. The number of carbonyl (C=O) groups excluding carboxylic acids is 1. The molecule has 7 nitrogen and oxygen atoms in total. The Morgan fingerprint density at radius 3 is 2.57 bits per heavy atom. The number of hydrogen-bond donors (Lipinski definition) is 3. The van der Waals surface area contributed by atoms with Gasteiger partial charge in [-0.05, 0) is 0 Å². The van der Waals surface area contributed by atoms with E-state index in [0.29, 0.717) is 0 Å². The van der Waals surface area contributed by atoms with Gasteiger partial charge in [-0.2, -0.15) is 0 Å². The van der Waals surface area contributed by atoms with Gasteiger partial charge in [0.05, 0.1) is 6.61 Å². The first-order valence-electron chi connectivity index (χ1n) is 3.56. The molecule has 0 radical (unpaired) electrons. The topological polar surface area (TPSA) is 113 Å². The summed E-state index contributed by atoms with van der Waals surface area (Å²) < 4.78 is 18.4. The SMILES string of the molecule is C=CC(=O)OC(O)CCOP(=O)(O)O. The first kappa shape index (κ1) is 13.3. The molecule has 8 heteroatoms. The first-order valence-corrected chi connectivity index (χ1v) is 5.09. The molecular weight excluding hydrogens is 215 g/mol. The molecule has 0 amide bonds. The third kappa shape index (κ3) is 7.90. The van der Waals surface area contributed by atoms with E-state index in [1.54, 1.807) is 0 Å². The fraction of sp³-hybridized carbons (Fsp3) is 0.500. The zero-order valence-corrected chi connectivity index (χ0v) is 8.09. The van der Waals surface area contributed by atoms with Crippen molar-refractivity contribution in [2.45, 2.75) is 12.7 Å². The summed E-state index contributed by atoms with van der Waals surface area (Å²) in [7, 11) is -4.53. The normalized spacial score (nSPS) is 13.4. The van der Waals surface area contributed by atoms with Crippen molar-refractivity contribution in [3.63, 3.8) is 0 Å². The molecule has 0 aliphatic carbocycles. The minimum atomic E-state index is -4.53. The lowest BCUT2D eigenvalue weighted by atomic mass is 10.4. The zero-order chi connectivity index (χ0) is 11.2. The van der Waals surface area contributed by atoms with Crippen molar-refractivity contribution >= 4 is 13.8 Å². The standard InChI is InChI=1S/C6H11O7P/c1-2-5(7)13-6(8)3-4-12-14(9,10)11/h2,6,8H,1,3-4H2,(H2,9,10,11). The van der Waals surface area contributed by atoms with Crippen LogP contribution in [0.4, 0.5) is 0 Å². The third-order valence-corrected chi connectivity index (χ3v) is 1.56. The van der Waals surface area contributed by atoms with Crippen LogP contribution in [0.2, 0.25) is 0 Å². The highest BCUT2D eigenvalue weighted by atomic mass is 31.2. The number of phosphoric ester groups is 1. The summed E-state index contributed by atoms with van der Waals surface area (Å²) in [5.74, 6) is -0.825. The van der Waals surface area contributed by atoms with Crippen LogP contribution in [-0.2, 0) is 18.6 Å². The van der Waals surface area contributed by atoms with Crippen molar-refractivity contribution in [2.75, 3.05) is 6.61 Å². The average molecular weight is 226 g/mol. The lowest BCUT2D eigenvalue weighted by Gasteiger charge is -2.10. The Morgan fingerprint density at radius 1 is 1.57 bits per heavy atom. The second-order valence-electron chi connectivity index (χ2n) is 2.21. The highest BCUT2D eigenvalue weighted by molar-refractivity contribution is 7.46. The highest BCUT2D eigenvalue weighted by Gasteiger charge is 2.15. The molecule has 3 N–H and O–H groups in total. The summed E-state index contributed by atoms with van der Waals surface area (Å²) in [6.07, 6.45) is -0.843. The molecule has 0 fully saturated rings. The van der Waals surface area contributed by atoms with Gasteiger partial charge in [0.25, 0.3) is 0 Å². The second-order valence-corrected chi connectivity index (χ2v) is 3.45. The number of esters is 1. The van der Waals surface area contributed by atoms with Gasteiger partial charge >= 0.3 is 13.8 Å². The molecule has 1 atom stereocenters. The Morgan fingerprint density at radius 2 is 2.14 bits per heavy atom. The van der Waals surface area contributed by atoms with Crippen LogP contribution in [0.3, 0.4) is 0 Å². The van der Waals surface area contributed by atoms with Crippen LogP contribution < -0.4 is 0 Å². The fourth-order valence-electron chi connectivity index (χ4n) is 0.514. The Balaban J connectivity index is 3.64. The van der Waals surface area contributed by atoms with Gasteiger partial charge in [0.2, 0.25) is 6.29 Å². The number of aliphatic hydroxyl groups excluding tert-OH is 1. The van der Waals surface area contributed by atoms with Crippen molar-refractivity contribution in [2.24, 2.45) is 0 Å². The molecule has 0 saturated heterocycles. The Bertz CT molecular complexity index is 245. The first-order chi connectivity index (χ1) is 6.35. The van der Waals surface area contributed by atoms with Crippen LogP contribution in [-0.4, -0.2) is 33.8 Å². The number of hydrogen-bond acceptors (Lipinski definition) is 5. The van der Waals surface area contributed by atoms with Gasteiger partial charge < -0.3 is 19.6 Å². The van der Waals surface area contributed by atoms with Gasteiger partial charge in [-0.3, -0.25) is 4.52 Å². The maximum atomic E-state index is 10.5. The van der Waals surface area contributed by atoms with E-state index in [4.69, 9.17) is 14.9 Å². The molecular formula is C6H11O7P. The average Bonchev–Trinajstić information content (AvgIpc) is 2.01. The number of carbonyl (C=O) groups is 1. The predicted octanol–water partition coefficient (Wildman–Crippen LogP) is -0.467. The summed E-state index contributed by atoms with van der Waals surface area (Å²) in [5.41, 5.74) is 0. The maximum Gasteiger partial charge on any atom is 0.469 e. The van der Waals surface area contributed by atoms with E-state index in [1.807, 2.05) is 0 Å². The summed E-state index contributed by atoms with van der Waals surface area (Å²) in [5, 5.41) is 8.92. The third-order valence-electron chi connectivity index (χ3n) is 1.04. The molecule has 0 bridgehead atoms. The Labute approximate surface area is 80.2 Å². The van der Waals surface area contributed by atoms with Gasteiger partial charge in [-0.1, -0.05) is 6.58 Å². The van der Waals surface area contributed by atoms with Crippen LogP contribution in [0.15, 0.2) is 12.7 Å². The quantitative estimate of drug-likeness (QED) is 0.243. The van der Waals surface area contributed by atoms with Crippen molar-refractivity contribution in [3.05, 3.63) is 12.7 Å². The van der Waals surface area contributed by atoms with E-state index >= 15 is 0 Å². The van der Waals surface area contributed by atoms with Crippen LogP contribution in [0, 0.1) is 0 Å². The van der Waals surface area contributed by atoms with Crippen molar-refractivity contribution in [3.8, 4) is 0 Å². The van der Waals surface area contributed by atoms with Crippen LogP contribution in [0.5, 0.6) is 0 Å². The zero-order valence-electron chi connectivity index (χ0n) is 7.20. The molecule has 0 saturated carbocycles. The van der Waals surface area contributed by atoms with E-state index in [2.05, 4.69) is 15.8 Å². The highest BCUT2D eigenvalue weighted by Crippen LogP contribution is 2.35. The molecule has 0 aromatic heterocycles. The van der Waals surface area contributed by atoms with Crippen molar-refractivity contribution in [1.82, 2.24) is 0 Å². The number of phosphoric acid groups is 1. The molecule has 82 valence electrons. The lowest BCUT2D eigenvalue weighted by Crippen LogP contribution is -2.17. The van der Waals surface area contributed by atoms with E-state index in [9.17, 15) is 9.36 Å². The summed E-state index contributed by atoms with van der Waals surface area (Å²) >= 11 is 0. The monoisotopic (exact) mass is 226 g/mol. The second kappa shape index (κ2) is 5.90. The predicted molar refractivity (Wildman–Crippen MR) is 44.9 cm³/mol. The lowest BCUT2D eigenvalue weighted by molar-refractivity contribution is -0.163. The van der Waals surface area contributed by atoms with Crippen LogP contribution in [0.25, 0.3) is 0 Å². The minimum absolute atomic E-state index is 0.231. The van der Waals surface area contributed by atoms with Gasteiger partial charge in [0.15, 0.2) is 0 Å². The molecule has 14 heavy (non-hydrogen) atoms. The largest absolute Gasteiger partial charge is 0.469 e. The molecule has 0 heterocycles. The number of aliphatic hydroxyl groups is 1. The fourth-order valence-corrected chi connectivity index (χ4v) is 0.857. The van der Waals surface area contributed by atoms with Crippen molar-refractivity contribution in [1.29, 1.82) is 0 Å². The molecule has 0 aliphatic heterocycles. The maximum absolute atomic E-state index is 10.5. The van der Waals surface area contributed by atoms with E-state index in [0.717, 1.165) is 6.08 Å². The molecule has 0 rings (SSSR count). The molecule has 1 unspecified atom stereocenters. The summed E-state index contributed by atoms with van der Waals surface area (Å²) in [4.78, 5) is 27.0. The number of rotatable bonds is 6. The Kier molecular flexibility index (Phi) is 5.59. The van der Waals surface area contributed by atoms with Gasteiger partial charge in [0, 0.05) is 12.5 Å². The van der Waals surface area contributed by atoms with Gasteiger partial charge in [-0.15, -0.1) is 0 Å². The van der Waals surface area contributed by atoms with Gasteiger partial charge in [-0.25, -0.2) is 9.36 Å². The summed E-state index contributed by atoms with van der Waals surface area (Å²) in [6, 6.07) is 0. The summed E-state index contributed by atoms with van der Waals surface area (Å²) in [6.45, 7) is 2.67. The van der Waals surface area contributed by atoms with Crippen LogP contribution >= 0.6 is 7.82 Å². The van der Waals surface area contributed by atoms with Gasteiger partial charge in [0.1, 0.15) is 0 Å². The molecule has 0 aromatic carbocycles. The van der Waals surface area contributed by atoms with E-state index < -0.39 is 26.7 Å². The molecule has 0 aromatic rings. The van der Waals surface area contributed by atoms with E-state index in [1.165, 1.54) is 0 Å².